The third kappa shape index (κ3) is 3.79. The van der Waals surface area contributed by atoms with Gasteiger partial charge in [-0.3, -0.25) is 4.79 Å². The molecular formula is C17H22FN5O2. The van der Waals surface area contributed by atoms with Crippen LogP contribution in [-0.2, 0) is 6.54 Å². The highest BCUT2D eigenvalue weighted by Crippen LogP contribution is 2.20. The van der Waals surface area contributed by atoms with Gasteiger partial charge in [0.05, 0.1) is 18.8 Å². The Balaban J connectivity index is 1.65. The van der Waals surface area contributed by atoms with Gasteiger partial charge in [-0.2, -0.15) is 0 Å². The SMILES string of the molecule is COc1ccc(CNC(=O)c2nnn(C3CCNCC3)c2C)cc1F. The van der Waals surface area contributed by atoms with Crippen molar-refractivity contribution < 1.29 is 13.9 Å². The van der Waals surface area contributed by atoms with Gasteiger partial charge in [-0.05, 0) is 50.6 Å². The van der Waals surface area contributed by atoms with Gasteiger partial charge >= 0.3 is 0 Å². The summed E-state index contributed by atoms with van der Waals surface area (Å²) in [6, 6.07) is 4.86. The highest BCUT2D eigenvalue weighted by atomic mass is 19.1. The van der Waals surface area contributed by atoms with Crippen molar-refractivity contribution in [1.82, 2.24) is 25.6 Å². The molecule has 2 aromatic rings. The lowest BCUT2D eigenvalue weighted by Crippen LogP contribution is -2.30. The number of halogens is 1. The molecule has 134 valence electrons. The summed E-state index contributed by atoms with van der Waals surface area (Å²) in [4.78, 5) is 12.4. The standard InChI is InChI=1S/C17H22FN5O2/c1-11-16(21-22-23(11)13-5-7-19-8-6-13)17(24)20-10-12-3-4-15(25-2)14(18)9-12/h3-4,9,13,19H,5-8,10H2,1-2H3,(H,20,24). The number of amides is 1. The highest BCUT2D eigenvalue weighted by Gasteiger charge is 2.22. The van der Waals surface area contributed by atoms with Gasteiger partial charge in [-0.25, -0.2) is 9.07 Å². The lowest BCUT2D eigenvalue weighted by atomic mass is 10.1. The first-order chi connectivity index (χ1) is 12.1. The number of hydrogen-bond donors (Lipinski definition) is 2. The molecule has 1 aromatic carbocycles. The fourth-order valence-corrected chi connectivity index (χ4v) is 3.03. The molecule has 0 atom stereocenters. The van der Waals surface area contributed by atoms with Gasteiger partial charge in [0.25, 0.3) is 5.91 Å². The summed E-state index contributed by atoms with van der Waals surface area (Å²) >= 11 is 0. The molecule has 25 heavy (non-hydrogen) atoms. The maximum atomic E-state index is 13.7. The summed E-state index contributed by atoms with van der Waals surface area (Å²) in [5.74, 6) is -0.591. The summed E-state index contributed by atoms with van der Waals surface area (Å²) in [6.45, 7) is 3.94. The molecule has 0 radical (unpaired) electrons. The van der Waals surface area contributed by atoms with Crippen LogP contribution < -0.4 is 15.4 Å². The van der Waals surface area contributed by atoms with Crippen LogP contribution in [0.3, 0.4) is 0 Å². The van der Waals surface area contributed by atoms with Gasteiger partial charge in [-0.15, -0.1) is 5.10 Å². The van der Waals surface area contributed by atoms with E-state index < -0.39 is 5.82 Å². The Labute approximate surface area is 145 Å². The summed E-state index contributed by atoms with van der Waals surface area (Å²) in [5.41, 5.74) is 1.72. The number of aromatic nitrogens is 3. The molecule has 7 nitrogen and oxygen atoms in total. The number of methoxy groups -OCH3 is 1. The number of ether oxygens (including phenoxy) is 1. The largest absolute Gasteiger partial charge is 0.494 e. The topological polar surface area (TPSA) is 81.1 Å². The van der Waals surface area contributed by atoms with E-state index in [0.717, 1.165) is 31.6 Å². The lowest BCUT2D eigenvalue weighted by Gasteiger charge is -2.23. The van der Waals surface area contributed by atoms with Gasteiger partial charge in [0.15, 0.2) is 17.3 Å². The molecule has 0 aliphatic carbocycles. The van der Waals surface area contributed by atoms with Crippen molar-refractivity contribution in [2.24, 2.45) is 0 Å². The predicted molar refractivity (Wildman–Crippen MR) is 90.0 cm³/mol. The molecule has 0 unspecified atom stereocenters. The van der Waals surface area contributed by atoms with E-state index in [1.807, 2.05) is 11.6 Å². The van der Waals surface area contributed by atoms with Gasteiger partial charge in [0.1, 0.15) is 0 Å². The molecular weight excluding hydrogens is 325 g/mol. The second-order valence-electron chi connectivity index (χ2n) is 6.10. The van der Waals surface area contributed by atoms with Crippen LogP contribution in [0.2, 0.25) is 0 Å². The van der Waals surface area contributed by atoms with Crippen molar-refractivity contribution >= 4 is 5.91 Å². The number of rotatable bonds is 5. The molecule has 8 heteroatoms. The van der Waals surface area contributed by atoms with Crippen molar-refractivity contribution in [2.75, 3.05) is 20.2 Å². The Bertz CT molecular complexity index is 755. The molecule has 0 saturated carbocycles. The Hall–Kier alpha value is -2.48. The fourth-order valence-electron chi connectivity index (χ4n) is 3.03. The van der Waals surface area contributed by atoms with E-state index in [9.17, 15) is 9.18 Å². The average molecular weight is 347 g/mol. The average Bonchev–Trinajstić information content (AvgIpc) is 3.02. The van der Waals surface area contributed by atoms with E-state index in [1.54, 1.807) is 6.07 Å². The van der Waals surface area contributed by atoms with Gasteiger partial charge < -0.3 is 15.4 Å². The maximum Gasteiger partial charge on any atom is 0.274 e. The van der Waals surface area contributed by atoms with E-state index >= 15 is 0 Å². The van der Waals surface area contributed by atoms with E-state index in [4.69, 9.17) is 4.74 Å². The minimum atomic E-state index is -0.456. The first kappa shape index (κ1) is 17.3. The molecule has 2 heterocycles. The number of carbonyl (C=O) groups excluding carboxylic acids is 1. The van der Waals surface area contributed by atoms with Gasteiger partial charge in [-0.1, -0.05) is 11.3 Å². The summed E-state index contributed by atoms with van der Waals surface area (Å²) in [6.07, 6.45) is 1.94. The highest BCUT2D eigenvalue weighted by molar-refractivity contribution is 5.93. The van der Waals surface area contributed by atoms with Crippen LogP contribution >= 0.6 is 0 Å². The van der Waals surface area contributed by atoms with Crippen LogP contribution in [0.15, 0.2) is 18.2 Å². The molecule has 0 bridgehead atoms. The zero-order chi connectivity index (χ0) is 17.8. The second kappa shape index (κ2) is 7.60. The molecule has 1 aliphatic heterocycles. The summed E-state index contributed by atoms with van der Waals surface area (Å²) in [7, 11) is 1.41. The molecule has 1 aromatic heterocycles. The number of benzene rings is 1. The molecule has 1 saturated heterocycles. The number of hydrogen-bond acceptors (Lipinski definition) is 5. The number of nitrogens with zero attached hydrogens (tertiary/aromatic N) is 3. The first-order valence-corrected chi connectivity index (χ1v) is 8.33. The molecule has 2 N–H and O–H groups in total. The Kier molecular flexibility index (Phi) is 5.28. The third-order valence-corrected chi connectivity index (χ3v) is 4.47. The van der Waals surface area contributed by atoms with Crippen LogP contribution in [0.4, 0.5) is 4.39 Å². The van der Waals surface area contributed by atoms with Crippen molar-refractivity contribution in [3.8, 4) is 5.75 Å². The minimum absolute atomic E-state index is 0.177. The number of piperidine rings is 1. The van der Waals surface area contributed by atoms with E-state index in [-0.39, 0.29) is 24.2 Å². The first-order valence-electron chi connectivity index (χ1n) is 8.33. The van der Waals surface area contributed by atoms with Crippen molar-refractivity contribution in [2.45, 2.75) is 32.4 Å². The monoisotopic (exact) mass is 347 g/mol. The minimum Gasteiger partial charge on any atom is -0.494 e. The third-order valence-electron chi connectivity index (χ3n) is 4.47. The van der Waals surface area contributed by atoms with Gasteiger partial charge in [0, 0.05) is 6.54 Å². The van der Waals surface area contributed by atoms with Crippen molar-refractivity contribution in [3.63, 3.8) is 0 Å². The van der Waals surface area contributed by atoms with Crippen LogP contribution in [0.1, 0.15) is 40.6 Å². The maximum absolute atomic E-state index is 13.7. The smallest absolute Gasteiger partial charge is 0.274 e. The van der Waals surface area contributed by atoms with E-state index in [0.29, 0.717) is 11.3 Å². The van der Waals surface area contributed by atoms with Crippen LogP contribution in [0.5, 0.6) is 5.75 Å². The number of carbonyl (C=O) groups is 1. The molecule has 1 aliphatic rings. The van der Waals surface area contributed by atoms with Crippen molar-refractivity contribution in [1.29, 1.82) is 0 Å². The Morgan fingerprint density at radius 1 is 1.44 bits per heavy atom. The van der Waals surface area contributed by atoms with Crippen LogP contribution in [0, 0.1) is 12.7 Å². The zero-order valence-corrected chi connectivity index (χ0v) is 14.4. The van der Waals surface area contributed by atoms with E-state index in [1.165, 1.54) is 19.2 Å². The fraction of sp³-hybridized carbons (Fsp3) is 0.471. The molecule has 1 amide bonds. The van der Waals surface area contributed by atoms with Gasteiger partial charge in [0.2, 0.25) is 0 Å². The second-order valence-corrected chi connectivity index (χ2v) is 6.10. The normalized spacial score (nSPS) is 15.2. The summed E-state index contributed by atoms with van der Waals surface area (Å²) in [5, 5.41) is 14.3. The molecule has 3 rings (SSSR count). The predicted octanol–water partition coefficient (Wildman–Crippen LogP) is 1.59. The zero-order valence-electron chi connectivity index (χ0n) is 14.4. The van der Waals surface area contributed by atoms with Crippen LogP contribution in [-0.4, -0.2) is 41.1 Å². The molecule has 1 fully saturated rings. The Morgan fingerprint density at radius 2 is 2.20 bits per heavy atom. The molecule has 0 spiro atoms. The van der Waals surface area contributed by atoms with Crippen LogP contribution in [0.25, 0.3) is 0 Å². The van der Waals surface area contributed by atoms with Crippen molar-refractivity contribution in [3.05, 3.63) is 41.0 Å². The Morgan fingerprint density at radius 3 is 2.88 bits per heavy atom. The lowest BCUT2D eigenvalue weighted by molar-refractivity contribution is 0.0945. The van der Waals surface area contributed by atoms with E-state index in [2.05, 4.69) is 20.9 Å². The quantitative estimate of drug-likeness (QED) is 0.858. The number of nitrogens with one attached hydrogen (secondary N) is 2. The summed E-state index contributed by atoms with van der Waals surface area (Å²) < 4.78 is 20.4.